The van der Waals surface area contributed by atoms with Gasteiger partial charge in [-0.1, -0.05) is 108 Å². The normalized spacial score (nSPS) is 15.4. The Labute approximate surface area is 645 Å². The lowest BCUT2D eigenvalue weighted by Crippen LogP contribution is -2.51. The third-order valence-electron chi connectivity index (χ3n) is 19.8. The number of anilines is 2. The average Bonchev–Trinajstić information content (AvgIpc) is 1.63. The average molecular weight is 1540 g/mol. The maximum Gasteiger partial charge on any atom is 0.309 e. The number of hydrogen-bond acceptors (Lipinski definition) is 21. The standard InChI is InChI=1S/C82H131N5O18S2/c1-12-18-19-20-21-22-23-24-25-26-38-103-78(89)67(57-68(61-81(9,13-2)83-10)79(90)104-56-55-102-54-53-101-52-51-100-50-49-99-48-47-98-46-45-97-44-43-96-42-41-95-40-39-94-11)58-75(77(88)85-80(7,8)64-107(91,92)93)106-63-66-31-29-65(30-32-66)62-84-76-28-27-37-82(76)71-35-33-69(86(14-3)15-4)59-73(71)105-74-60-70(34-36-72(74)82)87(16-5)17-6/h29-36,59-60,62,67-68,75-76H,12-28,37-58,61,63-64H2,1-9,11H3,(H,85,88)(H,91,92,93). The van der Waals surface area contributed by atoms with Gasteiger partial charge in [-0.3, -0.25) is 23.9 Å². The lowest BCUT2D eigenvalue weighted by Gasteiger charge is -2.41. The molecule has 5 atom stereocenters. The summed E-state index contributed by atoms with van der Waals surface area (Å²) in [5.74, 6) is -2.45. The molecule has 1 heterocycles. The van der Waals surface area contributed by atoms with Crippen molar-refractivity contribution in [1.82, 2.24) is 5.32 Å². The molecular weight excluding hydrogens is 1410 g/mol. The number of hydrogen-bond donors (Lipinski definition) is 2. The Morgan fingerprint density at radius 3 is 1.52 bits per heavy atom. The highest BCUT2D eigenvalue weighted by Crippen LogP contribution is 2.58. The third kappa shape index (κ3) is 34.0. The van der Waals surface area contributed by atoms with Gasteiger partial charge in [0.25, 0.3) is 10.1 Å². The van der Waals surface area contributed by atoms with Crippen LogP contribution in [0.2, 0.25) is 0 Å². The fourth-order valence-electron chi connectivity index (χ4n) is 13.7. The van der Waals surface area contributed by atoms with E-state index in [2.05, 4.69) is 91.0 Å². The summed E-state index contributed by atoms with van der Waals surface area (Å²) in [6.07, 6.45) is 16.0. The van der Waals surface area contributed by atoms with Crippen LogP contribution in [0.25, 0.3) is 4.85 Å². The number of aliphatic imine (C=N–C) groups is 1. The molecule has 604 valence electrons. The van der Waals surface area contributed by atoms with Gasteiger partial charge in [-0.25, -0.2) is 6.57 Å². The summed E-state index contributed by atoms with van der Waals surface area (Å²) in [5.41, 5.74) is 3.50. The molecule has 1 aliphatic heterocycles. The van der Waals surface area contributed by atoms with Crippen molar-refractivity contribution in [3.05, 3.63) is 94.3 Å². The van der Waals surface area contributed by atoms with Crippen molar-refractivity contribution in [2.75, 3.05) is 174 Å². The van der Waals surface area contributed by atoms with Gasteiger partial charge in [0.15, 0.2) is 0 Å². The number of esters is 2. The van der Waals surface area contributed by atoms with Crippen LogP contribution >= 0.6 is 11.8 Å². The van der Waals surface area contributed by atoms with Gasteiger partial charge in [0.05, 0.1) is 153 Å². The first-order chi connectivity index (χ1) is 51.7. The van der Waals surface area contributed by atoms with Gasteiger partial charge in [-0.2, -0.15) is 8.42 Å². The molecule has 3 aromatic rings. The number of fused-ring (bicyclic) bond motifs is 4. The number of benzene rings is 3. The van der Waals surface area contributed by atoms with Crippen molar-refractivity contribution in [1.29, 1.82) is 0 Å². The molecule has 2 aliphatic rings. The van der Waals surface area contributed by atoms with Crippen LogP contribution in [0.15, 0.2) is 65.7 Å². The molecule has 107 heavy (non-hydrogen) atoms. The van der Waals surface area contributed by atoms with Crippen molar-refractivity contribution in [2.24, 2.45) is 16.8 Å². The van der Waals surface area contributed by atoms with Crippen LogP contribution in [0.4, 0.5) is 11.4 Å². The molecule has 25 heteroatoms. The van der Waals surface area contributed by atoms with E-state index in [0.29, 0.717) is 111 Å². The number of unbranched alkanes of at least 4 members (excludes halogenated alkanes) is 9. The minimum absolute atomic E-state index is 0.0652. The maximum atomic E-state index is 14.8. The number of rotatable bonds is 62. The summed E-state index contributed by atoms with van der Waals surface area (Å²) >= 11 is 1.28. The second-order valence-corrected chi connectivity index (χ2v) is 31.2. The van der Waals surface area contributed by atoms with Crippen LogP contribution in [0.1, 0.15) is 194 Å². The molecular formula is C82H131N5O18S2. The second kappa shape index (κ2) is 51.9. The van der Waals surface area contributed by atoms with E-state index in [1.165, 1.54) is 57.7 Å². The summed E-state index contributed by atoms with van der Waals surface area (Å²) in [6, 6.07) is 21.3. The molecule has 5 rings (SSSR count). The molecule has 5 unspecified atom stereocenters. The van der Waals surface area contributed by atoms with E-state index >= 15 is 0 Å². The summed E-state index contributed by atoms with van der Waals surface area (Å²) in [7, 11) is -2.90. The Hall–Kier alpha value is -5.47. The van der Waals surface area contributed by atoms with E-state index in [1.54, 1.807) is 14.0 Å². The van der Waals surface area contributed by atoms with E-state index in [1.807, 2.05) is 37.4 Å². The predicted octanol–water partition coefficient (Wildman–Crippen LogP) is 14.1. The minimum atomic E-state index is -4.53. The summed E-state index contributed by atoms with van der Waals surface area (Å²) < 4.78 is 103. The zero-order valence-electron chi connectivity index (χ0n) is 66.4. The van der Waals surface area contributed by atoms with Crippen LogP contribution in [0, 0.1) is 18.4 Å². The van der Waals surface area contributed by atoms with Gasteiger partial charge in [0.1, 0.15) is 18.1 Å². The zero-order chi connectivity index (χ0) is 77.6. The summed E-state index contributed by atoms with van der Waals surface area (Å²) in [5, 5.41) is 1.87. The maximum absolute atomic E-state index is 14.8. The van der Waals surface area contributed by atoms with E-state index in [-0.39, 0.29) is 58.3 Å². The Kier molecular flexibility index (Phi) is 44.7. The van der Waals surface area contributed by atoms with Crippen LogP contribution in [-0.4, -0.2) is 224 Å². The van der Waals surface area contributed by atoms with Crippen molar-refractivity contribution in [2.45, 2.75) is 205 Å². The van der Waals surface area contributed by atoms with E-state index in [9.17, 15) is 27.4 Å². The highest BCUT2D eigenvalue weighted by atomic mass is 32.2. The predicted molar refractivity (Wildman–Crippen MR) is 425 cm³/mol. The molecule has 1 aliphatic carbocycles. The van der Waals surface area contributed by atoms with Gasteiger partial charge < -0.3 is 76.8 Å². The summed E-state index contributed by atoms with van der Waals surface area (Å²) in [6.45, 7) is 36.3. The quantitative estimate of drug-likeness (QED) is 0.0175. The number of ether oxygens (including phenoxy) is 12. The molecule has 2 N–H and O–H groups in total. The molecule has 1 saturated carbocycles. The first-order valence-corrected chi connectivity index (χ1v) is 42.2. The lowest BCUT2D eigenvalue weighted by atomic mass is 9.68. The topological polar surface area (TPSA) is 252 Å². The van der Waals surface area contributed by atoms with Crippen LogP contribution < -0.4 is 19.9 Å². The highest BCUT2D eigenvalue weighted by Gasteiger charge is 2.51. The number of carbonyl (C=O) groups is 3. The number of nitrogens with one attached hydrogen (secondary N) is 1. The lowest BCUT2D eigenvalue weighted by molar-refractivity contribution is -0.154. The number of nitrogens with zero attached hydrogens (tertiary/aromatic N) is 4. The fourth-order valence-corrected chi connectivity index (χ4v) is 15.9. The molecule has 1 amide bonds. The molecule has 1 fully saturated rings. The largest absolute Gasteiger partial charge is 0.465 e. The molecule has 0 aromatic heterocycles. The second-order valence-electron chi connectivity index (χ2n) is 28.5. The van der Waals surface area contributed by atoms with E-state index < -0.39 is 67.3 Å². The number of amides is 1. The fraction of sp³-hybridized carbons (Fsp3) is 0.720. The highest BCUT2D eigenvalue weighted by molar-refractivity contribution is 7.99. The monoisotopic (exact) mass is 1540 g/mol. The first kappa shape index (κ1) is 92.1. The van der Waals surface area contributed by atoms with Crippen LogP contribution in [0.3, 0.4) is 0 Å². The van der Waals surface area contributed by atoms with E-state index in [0.717, 1.165) is 116 Å². The number of methoxy groups -OCH3 is 1. The van der Waals surface area contributed by atoms with Crippen LogP contribution in [0.5, 0.6) is 11.5 Å². The van der Waals surface area contributed by atoms with Gasteiger partial charge >= 0.3 is 11.9 Å². The van der Waals surface area contributed by atoms with Crippen molar-refractivity contribution < 1.29 is 84.2 Å². The SMILES string of the molecule is [C-]#[N+]C(C)(CC)CC(CC(CC(SCc1ccc(C=NC2CCCC23c2ccc(N(CC)CC)cc2Oc2cc(N(CC)CC)ccc23)cc1)C(=O)NC(C)(C)CS(=O)(=O)O)C(=O)OCCCCCCCCCCCC)C(=O)OCCOCCOCCOCCOCCOCCOCCOCCOCCOC. The Bertz CT molecular complexity index is 3100. The molecule has 0 saturated heterocycles. The van der Waals surface area contributed by atoms with Gasteiger partial charge in [-0.05, 0) is 103 Å². The van der Waals surface area contributed by atoms with Crippen molar-refractivity contribution in [3.63, 3.8) is 0 Å². The van der Waals surface area contributed by atoms with Crippen molar-refractivity contribution in [3.8, 4) is 11.5 Å². The molecule has 3 aromatic carbocycles. The van der Waals surface area contributed by atoms with Gasteiger partial charge in [0, 0.05) is 105 Å². The van der Waals surface area contributed by atoms with E-state index in [4.69, 9.17) is 68.4 Å². The molecule has 1 spiro atoms. The smallest absolute Gasteiger partial charge is 0.309 e. The van der Waals surface area contributed by atoms with Gasteiger partial charge in [-0.15, -0.1) is 11.8 Å². The molecule has 0 bridgehead atoms. The minimum Gasteiger partial charge on any atom is -0.465 e. The van der Waals surface area contributed by atoms with Crippen LogP contribution in [-0.2, 0) is 87.8 Å². The molecule has 0 radical (unpaired) electrons. The number of carbonyl (C=O) groups excluding carboxylic acids is 3. The Morgan fingerprint density at radius 1 is 0.626 bits per heavy atom. The number of thioether (sulfide) groups is 1. The van der Waals surface area contributed by atoms with Crippen molar-refractivity contribution >= 4 is 57.3 Å². The molecule has 23 nitrogen and oxygen atoms in total. The Balaban J connectivity index is 1.24. The Morgan fingerprint density at radius 2 is 1.07 bits per heavy atom. The summed E-state index contributed by atoms with van der Waals surface area (Å²) in [4.78, 5) is 58.0. The first-order valence-electron chi connectivity index (χ1n) is 39.5. The van der Waals surface area contributed by atoms with Gasteiger partial charge in [0.2, 0.25) is 11.4 Å². The third-order valence-corrected chi connectivity index (χ3v) is 22.2. The zero-order valence-corrected chi connectivity index (χ0v) is 68.0.